The fraction of sp³-hybridized carbons (Fsp3) is 0.500. The monoisotopic (exact) mass is 287 g/mol. The molecule has 0 bridgehead atoms. The fourth-order valence-electron chi connectivity index (χ4n) is 1.85. The summed E-state index contributed by atoms with van der Waals surface area (Å²) in [4.78, 5) is 14.3. The topological polar surface area (TPSA) is 20.3 Å². The number of alkyl halides is 1. The van der Waals surface area contributed by atoms with Gasteiger partial charge in [-0.1, -0.05) is 11.6 Å². The summed E-state index contributed by atoms with van der Waals surface area (Å²) in [5.74, 6) is 0.611. The first-order valence-electron chi connectivity index (χ1n) is 6.10. The largest absolute Gasteiger partial charge is 0.336 e. The van der Waals surface area contributed by atoms with E-state index < -0.39 is 0 Å². The van der Waals surface area contributed by atoms with Crippen LogP contribution >= 0.6 is 23.2 Å². The third kappa shape index (κ3) is 3.89. The van der Waals surface area contributed by atoms with E-state index in [1.807, 2.05) is 31.7 Å². The lowest BCUT2D eigenvalue weighted by Crippen LogP contribution is -2.38. The van der Waals surface area contributed by atoms with Gasteiger partial charge >= 0.3 is 0 Å². The number of nitrogens with zero attached hydrogens (tertiary/aromatic N) is 1. The smallest absolute Gasteiger partial charge is 0.254 e. The maximum Gasteiger partial charge on any atom is 0.254 e. The van der Waals surface area contributed by atoms with Crippen molar-refractivity contribution in [2.24, 2.45) is 0 Å². The van der Waals surface area contributed by atoms with Gasteiger partial charge < -0.3 is 4.90 Å². The van der Waals surface area contributed by atoms with Crippen LogP contribution in [-0.4, -0.2) is 29.3 Å². The van der Waals surface area contributed by atoms with Crippen molar-refractivity contribution >= 4 is 29.1 Å². The zero-order valence-corrected chi connectivity index (χ0v) is 12.6. The second-order valence-corrected chi connectivity index (χ2v) is 5.41. The Labute approximate surface area is 119 Å². The van der Waals surface area contributed by atoms with Crippen LogP contribution in [0, 0.1) is 6.92 Å². The van der Waals surface area contributed by atoms with Gasteiger partial charge in [0.2, 0.25) is 0 Å². The van der Waals surface area contributed by atoms with Gasteiger partial charge in [0.15, 0.2) is 0 Å². The molecule has 0 fully saturated rings. The maximum absolute atomic E-state index is 12.5. The Morgan fingerprint density at radius 3 is 2.56 bits per heavy atom. The first-order valence-corrected chi connectivity index (χ1v) is 7.01. The normalized spacial score (nSPS) is 10.8. The van der Waals surface area contributed by atoms with E-state index in [0.717, 1.165) is 12.0 Å². The van der Waals surface area contributed by atoms with E-state index in [1.54, 1.807) is 12.1 Å². The molecule has 0 aliphatic carbocycles. The van der Waals surface area contributed by atoms with E-state index in [4.69, 9.17) is 23.2 Å². The number of benzene rings is 1. The van der Waals surface area contributed by atoms with E-state index in [1.165, 1.54) is 0 Å². The number of carbonyl (C=O) groups is 1. The third-order valence-electron chi connectivity index (χ3n) is 2.84. The molecule has 0 atom stereocenters. The van der Waals surface area contributed by atoms with Gasteiger partial charge in [-0.2, -0.15) is 0 Å². The van der Waals surface area contributed by atoms with Crippen LogP contribution in [0.5, 0.6) is 0 Å². The van der Waals surface area contributed by atoms with E-state index in [0.29, 0.717) is 23.0 Å². The number of rotatable bonds is 5. The van der Waals surface area contributed by atoms with Crippen molar-refractivity contribution in [3.05, 3.63) is 34.3 Å². The number of aryl methyl sites for hydroxylation is 1. The third-order valence-corrected chi connectivity index (χ3v) is 3.34. The summed E-state index contributed by atoms with van der Waals surface area (Å²) in [5, 5.41) is 0.654. The van der Waals surface area contributed by atoms with Crippen molar-refractivity contribution in [1.82, 2.24) is 4.90 Å². The number of carbonyl (C=O) groups excluding carboxylic acids is 1. The van der Waals surface area contributed by atoms with Crippen LogP contribution in [0.3, 0.4) is 0 Å². The van der Waals surface area contributed by atoms with Crippen molar-refractivity contribution in [3.63, 3.8) is 0 Å². The highest BCUT2D eigenvalue weighted by Crippen LogP contribution is 2.18. The number of hydrogen-bond donors (Lipinski definition) is 0. The van der Waals surface area contributed by atoms with Crippen LogP contribution in [0.4, 0.5) is 0 Å². The standard InChI is InChI=1S/C14H19Cl2NO/c1-10(2)17(8-4-7-15)14(18)13-6-5-12(16)9-11(13)3/h5-6,9-10H,4,7-8H2,1-3H3. The summed E-state index contributed by atoms with van der Waals surface area (Å²) in [7, 11) is 0. The Balaban J connectivity index is 2.94. The molecular formula is C14H19Cl2NO. The minimum atomic E-state index is 0.0456. The molecule has 0 radical (unpaired) electrons. The molecule has 0 saturated heterocycles. The summed E-state index contributed by atoms with van der Waals surface area (Å²) in [6, 6.07) is 5.52. The van der Waals surface area contributed by atoms with Gasteiger partial charge in [0.1, 0.15) is 0 Å². The Morgan fingerprint density at radius 1 is 1.39 bits per heavy atom. The molecule has 0 unspecified atom stereocenters. The molecule has 0 N–H and O–H groups in total. The van der Waals surface area contributed by atoms with Gasteiger partial charge in [0.25, 0.3) is 5.91 Å². The first kappa shape index (κ1) is 15.3. The number of hydrogen-bond acceptors (Lipinski definition) is 1. The summed E-state index contributed by atoms with van der Waals surface area (Å²) in [5.41, 5.74) is 1.62. The predicted molar refractivity (Wildman–Crippen MR) is 77.7 cm³/mol. The van der Waals surface area contributed by atoms with Crippen LogP contribution in [0.25, 0.3) is 0 Å². The number of halogens is 2. The summed E-state index contributed by atoms with van der Waals surface area (Å²) >= 11 is 11.6. The van der Waals surface area contributed by atoms with Crippen molar-refractivity contribution in [2.45, 2.75) is 33.2 Å². The van der Waals surface area contributed by atoms with Crippen molar-refractivity contribution in [2.75, 3.05) is 12.4 Å². The molecule has 0 aromatic heterocycles. The Bertz CT molecular complexity index is 418. The van der Waals surface area contributed by atoms with Gasteiger partial charge in [-0.3, -0.25) is 4.79 Å². The molecule has 0 spiro atoms. The lowest BCUT2D eigenvalue weighted by Gasteiger charge is -2.27. The van der Waals surface area contributed by atoms with Crippen LogP contribution < -0.4 is 0 Å². The Kier molecular flexibility index (Phi) is 5.97. The molecule has 0 heterocycles. The molecule has 2 nitrogen and oxygen atoms in total. The molecule has 1 rings (SSSR count). The van der Waals surface area contributed by atoms with Crippen LogP contribution in [0.2, 0.25) is 5.02 Å². The average molecular weight is 288 g/mol. The van der Waals surface area contributed by atoms with E-state index in [9.17, 15) is 4.79 Å². The zero-order chi connectivity index (χ0) is 13.7. The molecule has 1 aromatic rings. The quantitative estimate of drug-likeness (QED) is 0.746. The van der Waals surface area contributed by atoms with Gasteiger partial charge in [-0.05, 0) is 51.0 Å². The summed E-state index contributed by atoms with van der Waals surface area (Å²) in [6.45, 7) is 6.61. The SMILES string of the molecule is Cc1cc(Cl)ccc1C(=O)N(CCCCl)C(C)C. The van der Waals surface area contributed by atoms with E-state index in [-0.39, 0.29) is 11.9 Å². The average Bonchev–Trinajstić information content (AvgIpc) is 2.28. The lowest BCUT2D eigenvalue weighted by atomic mass is 10.1. The molecule has 0 aliphatic rings. The van der Waals surface area contributed by atoms with Crippen molar-refractivity contribution in [1.29, 1.82) is 0 Å². The summed E-state index contributed by atoms with van der Waals surface area (Å²) in [6.07, 6.45) is 0.804. The molecule has 1 aromatic carbocycles. The molecule has 1 amide bonds. The highest BCUT2D eigenvalue weighted by atomic mass is 35.5. The van der Waals surface area contributed by atoms with Gasteiger partial charge in [0.05, 0.1) is 0 Å². The van der Waals surface area contributed by atoms with Crippen LogP contribution in [-0.2, 0) is 0 Å². The van der Waals surface area contributed by atoms with Crippen molar-refractivity contribution in [3.8, 4) is 0 Å². The second-order valence-electron chi connectivity index (χ2n) is 4.59. The maximum atomic E-state index is 12.5. The minimum Gasteiger partial charge on any atom is -0.336 e. The van der Waals surface area contributed by atoms with Gasteiger partial charge in [-0.15, -0.1) is 11.6 Å². The second kappa shape index (κ2) is 7.01. The molecule has 18 heavy (non-hydrogen) atoms. The fourth-order valence-corrected chi connectivity index (χ4v) is 2.19. The molecule has 4 heteroatoms. The van der Waals surface area contributed by atoms with Crippen molar-refractivity contribution < 1.29 is 4.79 Å². The Hall–Kier alpha value is -0.730. The van der Waals surface area contributed by atoms with E-state index >= 15 is 0 Å². The highest BCUT2D eigenvalue weighted by molar-refractivity contribution is 6.30. The highest BCUT2D eigenvalue weighted by Gasteiger charge is 2.19. The Morgan fingerprint density at radius 2 is 2.06 bits per heavy atom. The van der Waals surface area contributed by atoms with Gasteiger partial charge in [-0.25, -0.2) is 0 Å². The lowest BCUT2D eigenvalue weighted by molar-refractivity contribution is 0.0705. The minimum absolute atomic E-state index is 0.0456. The first-order chi connectivity index (χ1) is 8.47. The number of amides is 1. The predicted octanol–water partition coefficient (Wildman–Crippen LogP) is 4.13. The summed E-state index contributed by atoms with van der Waals surface area (Å²) < 4.78 is 0. The van der Waals surface area contributed by atoms with Crippen LogP contribution in [0.15, 0.2) is 18.2 Å². The molecule has 100 valence electrons. The van der Waals surface area contributed by atoms with Gasteiger partial charge in [0, 0.05) is 29.1 Å². The van der Waals surface area contributed by atoms with E-state index in [2.05, 4.69) is 0 Å². The molecule has 0 aliphatic heterocycles. The zero-order valence-electron chi connectivity index (χ0n) is 11.0. The molecular weight excluding hydrogens is 269 g/mol. The molecule has 0 saturated carbocycles. The van der Waals surface area contributed by atoms with Crippen LogP contribution in [0.1, 0.15) is 36.2 Å².